The van der Waals surface area contributed by atoms with E-state index in [0.717, 1.165) is 31.6 Å². The van der Waals surface area contributed by atoms with Gasteiger partial charge in [0.15, 0.2) is 0 Å². The zero-order chi connectivity index (χ0) is 24.4. The second-order valence-electron chi connectivity index (χ2n) is 8.96. The lowest BCUT2D eigenvalue weighted by Gasteiger charge is -2.19. The van der Waals surface area contributed by atoms with Gasteiger partial charge in [0.05, 0.1) is 30.6 Å². The molecule has 3 heterocycles. The van der Waals surface area contributed by atoms with Gasteiger partial charge < -0.3 is 0 Å². The number of fused-ring (bicyclic) bond motifs is 3. The Kier molecular flexibility index (Phi) is 5.03. The molecule has 6 heteroatoms. The molecule has 4 aromatic carbocycles. The van der Waals surface area contributed by atoms with Gasteiger partial charge in [0.1, 0.15) is 15.0 Å². The van der Waals surface area contributed by atoms with Crippen molar-refractivity contribution in [3.8, 4) is 31.7 Å². The molecule has 0 aliphatic rings. The first-order valence-corrected chi connectivity index (χ1v) is 14.2. The van der Waals surface area contributed by atoms with Crippen LogP contribution in [0.1, 0.15) is 16.7 Å². The van der Waals surface area contributed by atoms with Gasteiger partial charge in [-0.15, -0.1) is 34.0 Å². The van der Waals surface area contributed by atoms with E-state index in [4.69, 9.17) is 15.0 Å². The van der Waals surface area contributed by atoms with Crippen molar-refractivity contribution in [2.24, 2.45) is 0 Å². The van der Waals surface area contributed by atoms with Crippen molar-refractivity contribution in [1.82, 2.24) is 15.0 Å². The maximum atomic E-state index is 5.07. The van der Waals surface area contributed by atoms with E-state index in [1.807, 2.05) is 0 Å². The average molecular weight is 520 g/mol. The van der Waals surface area contributed by atoms with Crippen LogP contribution in [0.5, 0.6) is 0 Å². The largest absolute Gasteiger partial charge is 0.236 e. The van der Waals surface area contributed by atoms with Crippen molar-refractivity contribution in [2.75, 3.05) is 0 Å². The summed E-state index contributed by atoms with van der Waals surface area (Å²) in [6, 6.07) is 25.1. The molecule has 174 valence electrons. The van der Waals surface area contributed by atoms with Crippen LogP contribution in [-0.4, -0.2) is 15.0 Å². The second-order valence-corrected chi connectivity index (χ2v) is 12.1. The summed E-state index contributed by atoms with van der Waals surface area (Å²) in [4.78, 5) is 15.2. The molecule has 0 bridgehead atoms. The van der Waals surface area contributed by atoms with Gasteiger partial charge in [0.2, 0.25) is 0 Å². The zero-order valence-corrected chi connectivity index (χ0v) is 22.4. The van der Waals surface area contributed by atoms with Crippen LogP contribution in [0.25, 0.3) is 62.4 Å². The minimum atomic E-state index is 1.04. The number of aromatic nitrogens is 3. The number of thiazole rings is 3. The summed E-state index contributed by atoms with van der Waals surface area (Å²) in [5.74, 6) is 0. The predicted octanol–water partition coefficient (Wildman–Crippen LogP) is 9.44. The van der Waals surface area contributed by atoms with E-state index in [0.29, 0.717) is 0 Å². The van der Waals surface area contributed by atoms with E-state index in [9.17, 15) is 0 Å². The van der Waals surface area contributed by atoms with Crippen molar-refractivity contribution in [3.05, 3.63) is 89.5 Å². The maximum absolute atomic E-state index is 5.07. The van der Waals surface area contributed by atoms with E-state index in [1.165, 1.54) is 47.5 Å². The molecule has 7 rings (SSSR count). The van der Waals surface area contributed by atoms with Crippen LogP contribution in [0.3, 0.4) is 0 Å². The highest BCUT2D eigenvalue weighted by Gasteiger charge is 2.25. The molecule has 3 aromatic heterocycles. The highest BCUT2D eigenvalue weighted by atomic mass is 32.1. The Morgan fingerprint density at radius 2 is 0.694 bits per heavy atom. The highest BCUT2D eigenvalue weighted by molar-refractivity contribution is 7.22. The molecular weight excluding hydrogens is 499 g/mol. The Labute approximate surface area is 220 Å². The van der Waals surface area contributed by atoms with Gasteiger partial charge in [-0.25, -0.2) is 15.0 Å². The van der Waals surface area contributed by atoms with Crippen molar-refractivity contribution >= 4 is 64.7 Å². The Bertz CT molecular complexity index is 1600. The topological polar surface area (TPSA) is 38.7 Å². The van der Waals surface area contributed by atoms with Crippen LogP contribution in [0.2, 0.25) is 0 Å². The fourth-order valence-electron chi connectivity index (χ4n) is 5.12. The minimum absolute atomic E-state index is 1.04. The first kappa shape index (κ1) is 21.8. The Hall–Kier alpha value is -3.45. The first-order chi connectivity index (χ1) is 17.6. The summed E-state index contributed by atoms with van der Waals surface area (Å²) < 4.78 is 3.61. The molecule has 0 saturated heterocycles. The molecule has 0 amide bonds. The van der Waals surface area contributed by atoms with E-state index >= 15 is 0 Å². The third-order valence-electron chi connectivity index (χ3n) is 6.77. The van der Waals surface area contributed by atoms with Gasteiger partial charge in [-0.05, 0) is 73.9 Å². The lowest BCUT2D eigenvalue weighted by molar-refractivity contribution is 1.29. The van der Waals surface area contributed by atoms with Crippen LogP contribution < -0.4 is 0 Å². The Morgan fingerprint density at radius 1 is 0.417 bits per heavy atom. The summed E-state index contributed by atoms with van der Waals surface area (Å²) >= 11 is 5.27. The van der Waals surface area contributed by atoms with Crippen LogP contribution >= 0.6 is 34.0 Å². The van der Waals surface area contributed by atoms with E-state index < -0.39 is 0 Å². The molecule has 0 fully saturated rings. The van der Waals surface area contributed by atoms with Gasteiger partial charge >= 0.3 is 0 Å². The molecule has 0 saturated carbocycles. The maximum Gasteiger partial charge on any atom is 0.125 e. The van der Waals surface area contributed by atoms with E-state index in [2.05, 4.69) is 93.6 Å². The summed E-state index contributed by atoms with van der Waals surface area (Å²) in [6.07, 6.45) is 0. The van der Waals surface area contributed by atoms with Crippen molar-refractivity contribution in [1.29, 1.82) is 0 Å². The average Bonchev–Trinajstić information content (AvgIpc) is 3.59. The fraction of sp³-hybridized carbons (Fsp3) is 0.100. The second kappa shape index (κ2) is 8.30. The smallest absolute Gasteiger partial charge is 0.125 e. The van der Waals surface area contributed by atoms with Gasteiger partial charge in [-0.1, -0.05) is 36.4 Å². The number of rotatable bonds is 3. The van der Waals surface area contributed by atoms with Crippen molar-refractivity contribution in [3.63, 3.8) is 0 Å². The molecule has 0 radical (unpaired) electrons. The first-order valence-electron chi connectivity index (χ1n) is 11.8. The molecule has 7 aromatic rings. The van der Waals surface area contributed by atoms with Gasteiger partial charge in [-0.3, -0.25) is 0 Å². The standard InChI is InChI=1S/C30H21N3S3/c1-16-25(28-31-19-10-4-7-13-22(19)34-28)17(2)27(30-33-21-12-6-9-15-24(21)36-30)18(3)26(16)29-32-20-11-5-8-14-23(20)35-29/h4-15H,1-3H3. The predicted molar refractivity (Wildman–Crippen MR) is 156 cm³/mol. The van der Waals surface area contributed by atoms with Gasteiger partial charge in [0, 0.05) is 16.7 Å². The monoisotopic (exact) mass is 519 g/mol. The number of nitrogens with zero attached hydrogens (tertiary/aromatic N) is 3. The lowest BCUT2D eigenvalue weighted by Crippen LogP contribution is -2.00. The van der Waals surface area contributed by atoms with Crippen LogP contribution in [0.15, 0.2) is 72.8 Å². The summed E-state index contributed by atoms with van der Waals surface area (Å²) in [7, 11) is 0. The number of hydrogen-bond donors (Lipinski definition) is 0. The molecule has 0 atom stereocenters. The molecule has 0 aliphatic carbocycles. The van der Waals surface area contributed by atoms with E-state index in [-0.39, 0.29) is 0 Å². The highest BCUT2D eigenvalue weighted by Crippen LogP contribution is 2.47. The summed E-state index contributed by atoms with van der Waals surface area (Å²) in [5.41, 5.74) is 10.4. The summed E-state index contributed by atoms with van der Waals surface area (Å²) in [5, 5.41) is 3.16. The Balaban J connectivity index is 1.57. The molecule has 3 nitrogen and oxygen atoms in total. The third-order valence-corrected chi connectivity index (χ3v) is 9.93. The lowest BCUT2D eigenvalue weighted by atomic mass is 9.88. The minimum Gasteiger partial charge on any atom is -0.236 e. The van der Waals surface area contributed by atoms with Crippen molar-refractivity contribution in [2.45, 2.75) is 20.8 Å². The fourth-order valence-corrected chi connectivity index (χ4v) is 8.49. The quantitative estimate of drug-likeness (QED) is 0.233. The van der Waals surface area contributed by atoms with Gasteiger partial charge in [0.25, 0.3) is 0 Å². The molecule has 0 aliphatic heterocycles. The Morgan fingerprint density at radius 3 is 0.972 bits per heavy atom. The number of hydrogen-bond acceptors (Lipinski definition) is 6. The van der Waals surface area contributed by atoms with Gasteiger partial charge in [-0.2, -0.15) is 0 Å². The molecule has 0 unspecified atom stereocenters. The van der Waals surface area contributed by atoms with Crippen LogP contribution in [-0.2, 0) is 0 Å². The van der Waals surface area contributed by atoms with Crippen molar-refractivity contribution < 1.29 is 0 Å². The molecular formula is C30H21N3S3. The SMILES string of the molecule is Cc1c(-c2nc3ccccc3s2)c(C)c(-c2nc3ccccc3s2)c(C)c1-c1nc2ccccc2s1. The summed E-state index contributed by atoms with van der Waals surface area (Å²) in [6.45, 7) is 6.68. The third kappa shape index (κ3) is 3.33. The van der Waals surface area contributed by atoms with Crippen LogP contribution in [0.4, 0.5) is 0 Å². The normalized spacial score (nSPS) is 11.8. The van der Waals surface area contributed by atoms with E-state index in [1.54, 1.807) is 34.0 Å². The zero-order valence-electron chi connectivity index (χ0n) is 20.0. The molecule has 0 N–H and O–H groups in total. The van der Waals surface area contributed by atoms with Crippen LogP contribution in [0, 0.1) is 20.8 Å². The molecule has 36 heavy (non-hydrogen) atoms. The molecule has 0 spiro atoms. The number of benzene rings is 4. The number of para-hydroxylation sites is 3.